The fourth-order valence-corrected chi connectivity index (χ4v) is 1.65. The molecule has 0 aliphatic carbocycles. The van der Waals surface area contributed by atoms with E-state index in [4.69, 9.17) is 17.3 Å². The van der Waals surface area contributed by atoms with E-state index in [1.807, 2.05) is 0 Å². The fraction of sp³-hybridized carbons (Fsp3) is 0.273. The monoisotopic (exact) mass is 267 g/mol. The molecule has 0 aliphatic heterocycles. The van der Waals surface area contributed by atoms with Crippen molar-refractivity contribution in [2.45, 2.75) is 19.4 Å². The van der Waals surface area contributed by atoms with Gasteiger partial charge in [-0.2, -0.15) is 0 Å². The first-order chi connectivity index (χ1) is 6.93. The van der Waals surface area contributed by atoms with E-state index in [2.05, 4.69) is 6.58 Å². The Morgan fingerprint density at radius 2 is 1.94 bits per heavy atom. The van der Waals surface area contributed by atoms with Crippen molar-refractivity contribution in [2.75, 3.05) is 0 Å². The van der Waals surface area contributed by atoms with Crippen LogP contribution in [-0.4, -0.2) is 0 Å². The summed E-state index contributed by atoms with van der Waals surface area (Å²) in [5.41, 5.74) is 6.52. The molecule has 0 aliphatic rings. The SMILES string of the molecule is C=C(C)C[C@@H](N)c1c(F)ccc(F)c1Cl.Cl. The molecule has 0 bridgehead atoms. The summed E-state index contributed by atoms with van der Waals surface area (Å²) < 4.78 is 26.5. The number of hydrogen-bond donors (Lipinski definition) is 1. The summed E-state index contributed by atoms with van der Waals surface area (Å²) in [5, 5.41) is -0.247. The Morgan fingerprint density at radius 1 is 1.44 bits per heavy atom. The second-order valence-electron chi connectivity index (χ2n) is 3.52. The second kappa shape index (κ2) is 6.18. The van der Waals surface area contributed by atoms with Crippen LogP contribution in [0.4, 0.5) is 8.78 Å². The predicted molar refractivity (Wildman–Crippen MR) is 65.0 cm³/mol. The highest BCUT2D eigenvalue weighted by molar-refractivity contribution is 6.31. The van der Waals surface area contributed by atoms with Crippen LogP contribution >= 0.6 is 24.0 Å². The Bertz CT molecular complexity index is 394. The summed E-state index contributed by atoms with van der Waals surface area (Å²) in [6.07, 6.45) is 0.375. The highest BCUT2D eigenvalue weighted by Crippen LogP contribution is 2.29. The summed E-state index contributed by atoms with van der Waals surface area (Å²) in [4.78, 5) is 0. The molecule has 0 saturated carbocycles. The van der Waals surface area contributed by atoms with Crippen molar-refractivity contribution in [1.82, 2.24) is 0 Å². The van der Waals surface area contributed by atoms with Crippen molar-refractivity contribution in [3.8, 4) is 0 Å². The van der Waals surface area contributed by atoms with Crippen molar-refractivity contribution >= 4 is 24.0 Å². The van der Waals surface area contributed by atoms with Crippen molar-refractivity contribution < 1.29 is 8.78 Å². The van der Waals surface area contributed by atoms with Crippen LogP contribution in [0.15, 0.2) is 24.3 Å². The van der Waals surface area contributed by atoms with Gasteiger partial charge in [0, 0.05) is 11.6 Å². The van der Waals surface area contributed by atoms with E-state index < -0.39 is 17.7 Å². The summed E-state index contributed by atoms with van der Waals surface area (Å²) in [5.74, 6) is -1.25. The molecule has 0 fully saturated rings. The van der Waals surface area contributed by atoms with Gasteiger partial charge in [0.15, 0.2) is 0 Å². The van der Waals surface area contributed by atoms with Crippen LogP contribution in [0.25, 0.3) is 0 Å². The average molecular weight is 268 g/mol. The van der Waals surface area contributed by atoms with E-state index in [-0.39, 0.29) is 23.0 Å². The molecule has 90 valence electrons. The third kappa shape index (κ3) is 3.44. The largest absolute Gasteiger partial charge is 0.324 e. The van der Waals surface area contributed by atoms with Gasteiger partial charge in [0.25, 0.3) is 0 Å². The predicted octanol–water partition coefficient (Wildman–Crippen LogP) is 4.01. The Labute approximate surface area is 105 Å². The van der Waals surface area contributed by atoms with Gasteiger partial charge in [0.2, 0.25) is 0 Å². The van der Waals surface area contributed by atoms with Gasteiger partial charge in [-0.15, -0.1) is 19.0 Å². The first-order valence-corrected chi connectivity index (χ1v) is 4.84. The molecule has 0 unspecified atom stereocenters. The summed E-state index contributed by atoms with van der Waals surface area (Å²) in [7, 11) is 0. The minimum Gasteiger partial charge on any atom is -0.324 e. The van der Waals surface area contributed by atoms with Gasteiger partial charge in [-0.25, -0.2) is 8.78 Å². The van der Waals surface area contributed by atoms with E-state index in [0.29, 0.717) is 6.42 Å². The maximum Gasteiger partial charge on any atom is 0.142 e. The van der Waals surface area contributed by atoms with E-state index >= 15 is 0 Å². The van der Waals surface area contributed by atoms with Gasteiger partial charge in [0.1, 0.15) is 11.6 Å². The summed E-state index contributed by atoms with van der Waals surface area (Å²) in [6.45, 7) is 5.43. The maximum absolute atomic E-state index is 13.4. The molecule has 1 atom stereocenters. The lowest BCUT2D eigenvalue weighted by Gasteiger charge is -2.14. The van der Waals surface area contributed by atoms with Crippen LogP contribution < -0.4 is 5.73 Å². The molecule has 0 heterocycles. The molecule has 1 rings (SSSR count). The lowest BCUT2D eigenvalue weighted by Crippen LogP contribution is -2.13. The van der Waals surface area contributed by atoms with Crippen LogP contribution in [0.2, 0.25) is 5.02 Å². The van der Waals surface area contributed by atoms with Crippen LogP contribution in [0.3, 0.4) is 0 Å². The lowest BCUT2D eigenvalue weighted by atomic mass is 10.0. The van der Waals surface area contributed by atoms with Gasteiger partial charge >= 0.3 is 0 Å². The molecular formula is C11H13Cl2F2N. The van der Waals surface area contributed by atoms with E-state index in [1.54, 1.807) is 6.92 Å². The molecule has 1 aromatic carbocycles. The highest BCUT2D eigenvalue weighted by atomic mass is 35.5. The quantitative estimate of drug-likeness (QED) is 0.650. The molecule has 0 aromatic heterocycles. The van der Waals surface area contributed by atoms with Crippen LogP contribution in [0.1, 0.15) is 24.9 Å². The standard InChI is InChI=1S/C11H12ClF2N.ClH/c1-6(2)5-9(15)10-7(13)3-4-8(14)11(10)12;/h3-4,9H,1,5,15H2,2H3;1H/t9-;/m1./s1. The molecule has 5 heteroatoms. The van der Waals surface area contributed by atoms with Crippen molar-refractivity contribution in [2.24, 2.45) is 5.73 Å². The summed E-state index contributed by atoms with van der Waals surface area (Å²) in [6, 6.07) is 1.34. The fourth-order valence-electron chi connectivity index (χ4n) is 1.36. The van der Waals surface area contributed by atoms with Crippen molar-refractivity contribution in [1.29, 1.82) is 0 Å². The van der Waals surface area contributed by atoms with E-state index in [9.17, 15) is 8.78 Å². The number of hydrogen-bond acceptors (Lipinski definition) is 1. The summed E-state index contributed by atoms with van der Waals surface area (Å²) >= 11 is 5.65. The molecule has 1 aromatic rings. The topological polar surface area (TPSA) is 26.0 Å². The third-order valence-corrected chi connectivity index (χ3v) is 2.40. The zero-order valence-corrected chi connectivity index (χ0v) is 10.3. The first kappa shape index (κ1) is 15.4. The minimum absolute atomic E-state index is 0. The Hall–Kier alpha value is -0.640. The first-order valence-electron chi connectivity index (χ1n) is 4.46. The lowest BCUT2D eigenvalue weighted by molar-refractivity contribution is 0.561. The Morgan fingerprint density at radius 3 is 2.44 bits per heavy atom. The number of halogens is 4. The van der Waals surface area contributed by atoms with Gasteiger partial charge in [-0.3, -0.25) is 0 Å². The average Bonchev–Trinajstić information content (AvgIpc) is 2.11. The van der Waals surface area contributed by atoms with Gasteiger partial charge in [-0.1, -0.05) is 17.2 Å². The third-order valence-electron chi connectivity index (χ3n) is 2.02. The molecule has 2 N–H and O–H groups in total. The van der Waals surface area contributed by atoms with Crippen molar-refractivity contribution in [3.05, 3.63) is 46.5 Å². The van der Waals surface area contributed by atoms with E-state index in [1.165, 1.54) is 0 Å². The zero-order chi connectivity index (χ0) is 11.6. The molecular weight excluding hydrogens is 255 g/mol. The number of rotatable bonds is 3. The molecule has 0 spiro atoms. The van der Waals surface area contributed by atoms with E-state index in [0.717, 1.165) is 17.7 Å². The number of nitrogens with two attached hydrogens (primary N) is 1. The minimum atomic E-state index is -0.662. The van der Waals surface area contributed by atoms with Gasteiger partial charge in [0.05, 0.1) is 5.02 Å². The van der Waals surface area contributed by atoms with Gasteiger partial charge < -0.3 is 5.73 Å². The molecule has 0 saturated heterocycles. The molecule has 1 nitrogen and oxygen atoms in total. The number of benzene rings is 1. The maximum atomic E-state index is 13.4. The van der Waals surface area contributed by atoms with Crippen LogP contribution in [-0.2, 0) is 0 Å². The zero-order valence-electron chi connectivity index (χ0n) is 8.77. The smallest absolute Gasteiger partial charge is 0.142 e. The molecule has 0 amide bonds. The second-order valence-corrected chi connectivity index (χ2v) is 3.90. The highest BCUT2D eigenvalue weighted by Gasteiger charge is 2.18. The van der Waals surface area contributed by atoms with Gasteiger partial charge in [-0.05, 0) is 25.5 Å². The van der Waals surface area contributed by atoms with Crippen molar-refractivity contribution in [3.63, 3.8) is 0 Å². The normalized spacial score (nSPS) is 11.8. The van der Waals surface area contributed by atoms with Crippen LogP contribution in [0.5, 0.6) is 0 Å². The molecule has 0 radical (unpaired) electrons. The Kier molecular flexibility index (Phi) is 5.94. The Balaban J connectivity index is 0.00000225. The molecule has 16 heavy (non-hydrogen) atoms. The van der Waals surface area contributed by atoms with Crippen LogP contribution in [0, 0.1) is 11.6 Å².